The van der Waals surface area contributed by atoms with Crippen LogP contribution in [0.25, 0.3) is 0 Å². The highest BCUT2D eigenvalue weighted by atomic mass is 35.5. The molecule has 2 aromatic rings. The minimum absolute atomic E-state index is 0.0662. The zero-order valence-corrected chi connectivity index (χ0v) is 10.8. The third-order valence-electron chi connectivity index (χ3n) is 2.45. The van der Waals surface area contributed by atoms with E-state index in [9.17, 15) is 9.59 Å². The lowest BCUT2D eigenvalue weighted by molar-refractivity contribution is 0.102. The molecule has 0 radical (unpaired) electrons. The van der Waals surface area contributed by atoms with Gasteiger partial charge in [0.25, 0.3) is 5.91 Å². The van der Waals surface area contributed by atoms with Gasteiger partial charge in [0.2, 0.25) is 5.56 Å². The SMILES string of the molecule is Cn1cc(NC(=O)c2cc(N)cnc2Cl)ccc1=O. The Balaban J connectivity index is 2.28. The maximum atomic E-state index is 12.0. The first-order chi connectivity index (χ1) is 8.97. The van der Waals surface area contributed by atoms with Gasteiger partial charge < -0.3 is 15.6 Å². The highest BCUT2D eigenvalue weighted by Crippen LogP contribution is 2.17. The number of hydrogen-bond acceptors (Lipinski definition) is 4. The third-order valence-corrected chi connectivity index (χ3v) is 2.75. The van der Waals surface area contributed by atoms with Crippen molar-refractivity contribution in [3.63, 3.8) is 0 Å². The zero-order chi connectivity index (χ0) is 14.0. The average Bonchev–Trinajstić information content (AvgIpc) is 2.36. The summed E-state index contributed by atoms with van der Waals surface area (Å²) in [6.07, 6.45) is 2.87. The number of nitrogen functional groups attached to an aromatic ring is 1. The molecular formula is C12H11ClN4O2. The largest absolute Gasteiger partial charge is 0.397 e. The van der Waals surface area contributed by atoms with E-state index in [0.29, 0.717) is 11.4 Å². The number of aryl methyl sites for hydroxylation is 1. The molecule has 19 heavy (non-hydrogen) atoms. The van der Waals surface area contributed by atoms with Gasteiger partial charge in [-0.25, -0.2) is 4.98 Å². The van der Waals surface area contributed by atoms with Gasteiger partial charge in [0.15, 0.2) is 0 Å². The molecule has 1 amide bonds. The fourth-order valence-corrected chi connectivity index (χ4v) is 1.68. The second kappa shape index (κ2) is 5.11. The Labute approximate surface area is 113 Å². The van der Waals surface area contributed by atoms with Gasteiger partial charge in [-0.05, 0) is 12.1 Å². The molecule has 3 N–H and O–H groups in total. The number of nitrogens with zero attached hydrogens (tertiary/aromatic N) is 2. The van der Waals surface area contributed by atoms with E-state index in [0.717, 1.165) is 0 Å². The van der Waals surface area contributed by atoms with Gasteiger partial charge in [0.1, 0.15) is 5.15 Å². The first-order valence-electron chi connectivity index (χ1n) is 5.36. The van der Waals surface area contributed by atoms with Crippen LogP contribution < -0.4 is 16.6 Å². The summed E-state index contributed by atoms with van der Waals surface area (Å²) >= 11 is 5.83. The maximum absolute atomic E-state index is 12.0. The van der Waals surface area contributed by atoms with Crippen molar-refractivity contribution in [1.82, 2.24) is 9.55 Å². The van der Waals surface area contributed by atoms with Gasteiger partial charge in [-0.15, -0.1) is 0 Å². The number of hydrogen-bond donors (Lipinski definition) is 2. The summed E-state index contributed by atoms with van der Waals surface area (Å²) in [6, 6.07) is 4.30. The molecule has 7 heteroatoms. The van der Waals surface area contributed by atoms with Crippen molar-refractivity contribution in [2.24, 2.45) is 7.05 Å². The fraction of sp³-hybridized carbons (Fsp3) is 0.0833. The topological polar surface area (TPSA) is 90.0 Å². The lowest BCUT2D eigenvalue weighted by Crippen LogP contribution is -2.18. The molecule has 0 aliphatic carbocycles. The van der Waals surface area contributed by atoms with Crippen LogP contribution in [-0.2, 0) is 7.05 Å². The molecule has 0 saturated carbocycles. The van der Waals surface area contributed by atoms with E-state index in [4.69, 9.17) is 17.3 Å². The fourth-order valence-electron chi connectivity index (χ4n) is 1.49. The number of rotatable bonds is 2. The second-order valence-corrected chi connectivity index (χ2v) is 4.29. The molecule has 0 fully saturated rings. The summed E-state index contributed by atoms with van der Waals surface area (Å²) in [5.74, 6) is -0.441. The number of nitrogens with one attached hydrogen (secondary N) is 1. The number of carbonyl (C=O) groups is 1. The van der Waals surface area contributed by atoms with Crippen molar-refractivity contribution in [1.29, 1.82) is 0 Å². The van der Waals surface area contributed by atoms with Gasteiger partial charge in [-0.3, -0.25) is 9.59 Å². The summed E-state index contributed by atoms with van der Waals surface area (Å²) in [5.41, 5.74) is 6.39. The van der Waals surface area contributed by atoms with E-state index < -0.39 is 5.91 Å². The Bertz CT molecular complexity index is 696. The Kier molecular flexibility index (Phi) is 3.52. The van der Waals surface area contributed by atoms with Crippen LogP contribution in [0.1, 0.15) is 10.4 Å². The molecule has 2 aromatic heterocycles. The number of anilines is 2. The molecule has 2 rings (SSSR count). The quantitative estimate of drug-likeness (QED) is 0.810. The van der Waals surface area contributed by atoms with E-state index in [1.54, 1.807) is 7.05 Å². The van der Waals surface area contributed by atoms with E-state index in [1.807, 2.05) is 0 Å². The predicted molar refractivity (Wildman–Crippen MR) is 73.3 cm³/mol. The van der Waals surface area contributed by atoms with Crippen molar-refractivity contribution >= 4 is 28.9 Å². The van der Waals surface area contributed by atoms with Crippen LogP contribution in [0.15, 0.2) is 35.4 Å². The van der Waals surface area contributed by atoms with Crippen molar-refractivity contribution in [2.75, 3.05) is 11.1 Å². The number of nitrogens with two attached hydrogens (primary N) is 1. The molecule has 0 bridgehead atoms. The molecule has 0 aromatic carbocycles. The van der Waals surface area contributed by atoms with Gasteiger partial charge in [-0.1, -0.05) is 11.6 Å². The van der Waals surface area contributed by atoms with E-state index >= 15 is 0 Å². The van der Waals surface area contributed by atoms with Gasteiger partial charge in [-0.2, -0.15) is 0 Å². The van der Waals surface area contributed by atoms with Crippen LogP contribution in [0, 0.1) is 0 Å². The number of aromatic nitrogens is 2. The van der Waals surface area contributed by atoms with E-state index in [2.05, 4.69) is 10.3 Å². The van der Waals surface area contributed by atoms with Crippen LogP contribution in [0.5, 0.6) is 0 Å². The van der Waals surface area contributed by atoms with Crippen LogP contribution in [-0.4, -0.2) is 15.5 Å². The van der Waals surface area contributed by atoms with E-state index in [-0.39, 0.29) is 16.3 Å². The summed E-state index contributed by atoms with van der Waals surface area (Å²) < 4.78 is 1.36. The van der Waals surface area contributed by atoms with Gasteiger partial charge in [0.05, 0.1) is 23.1 Å². The number of amides is 1. The monoisotopic (exact) mass is 278 g/mol. The molecule has 0 aliphatic heterocycles. The molecular weight excluding hydrogens is 268 g/mol. The summed E-state index contributed by atoms with van der Waals surface area (Å²) in [4.78, 5) is 27.0. The first kappa shape index (κ1) is 13.1. The van der Waals surface area contributed by atoms with Crippen LogP contribution in [0.4, 0.5) is 11.4 Å². The number of carbonyl (C=O) groups excluding carboxylic acids is 1. The maximum Gasteiger partial charge on any atom is 0.258 e. The Hall–Kier alpha value is -2.34. The highest BCUT2D eigenvalue weighted by Gasteiger charge is 2.12. The third kappa shape index (κ3) is 2.92. The Morgan fingerprint density at radius 2 is 2.21 bits per heavy atom. The normalized spacial score (nSPS) is 10.2. The lowest BCUT2D eigenvalue weighted by atomic mass is 10.2. The van der Waals surface area contributed by atoms with Crippen molar-refractivity contribution in [3.05, 3.63) is 51.7 Å². The predicted octanol–water partition coefficient (Wildman–Crippen LogP) is 1.27. The zero-order valence-electron chi connectivity index (χ0n) is 10.1. The average molecular weight is 279 g/mol. The highest BCUT2D eigenvalue weighted by molar-refractivity contribution is 6.33. The van der Waals surface area contributed by atoms with Crippen LogP contribution in [0.2, 0.25) is 5.15 Å². The molecule has 98 valence electrons. The second-order valence-electron chi connectivity index (χ2n) is 3.93. The summed E-state index contributed by atoms with van der Waals surface area (Å²) in [6.45, 7) is 0. The molecule has 0 unspecified atom stereocenters. The number of pyridine rings is 2. The van der Waals surface area contributed by atoms with Crippen LogP contribution >= 0.6 is 11.6 Å². The summed E-state index contributed by atoms with van der Waals surface area (Å²) in [5, 5.41) is 2.68. The molecule has 0 spiro atoms. The standard InChI is InChI=1S/C12H11ClN4O2/c1-17-6-8(2-3-10(17)18)16-12(19)9-4-7(14)5-15-11(9)13/h2-6H,14H2,1H3,(H,16,19). The summed E-state index contributed by atoms with van der Waals surface area (Å²) in [7, 11) is 1.59. The Morgan fingerprint density at radius 3 is 2.89 bits per heavy atom. The molecule has 2 heterocycles. The smallest absolute Gasteiger partial charge is 0.258 e. The molecule has 0 saturated heterocycles. The van der Waals surface area contributed by atoms with Crippen LogP contribution in [0.3, 0.4) is 0 Å². The minimum atomic E-state index is -0.441. The van der Waals surface area contributed by atoms with Gasteiger partial charge in [0, 0.05) is 19.3 Å². The van der Waals surface area contributed by atoms with Crippen molar-refractivity contribution in [3.8, 4) is 0 Å². The van der Waals surface area contributed by atoms with Gasteiger partial charge >= 0.3 is 0 Å². The molecule has 6 nitrogen and oxygen atoms in total. The molecule has 0 aliphatic rings. The Morgan fingerprint density at radius 1 is 1.47 bits per heavy atom. The van der Waals surface area contributed by atoms with Crippen molar-refractivity contribution < 1.29 is 4.79 Å². The molecule has 0 atom stereocenters. The lowest BCUT2D eigenvalue weighted by Gasteiger charge is -2.07. The minimum Gasteiger partial charge on any atom is -0.397 e. The van der Waals surface area contributed by atoms with Crippen molar-refractivity contribution in [2.45, 2.75) is 0 Å². The number of halogens is 1. The first-order valence-corrected chi connectivity index (χ1v) is 5.74. The van der Waals surface area contributed by atoms with E-state index in [1.165, 1.54) is 35.2 Å².